The molecule has 0 unspecified atom stereocenters. The third-order valence-electron chi connectivity index (χ3n) is 4.68. The van der Waals surface area contributed by atoms with Gasteiger partial charge < -0.3 is 15.2 Å². The molecule has 0 spiro atoms. The van der Waals surface area contributed by atoms with Gasteiger partial charge in [0.2, 0.25) is 5.91 Å². The van der Waals surface area contributed by atoms with Crippen LogP contribution in [0.4, 0.5) is 0 Å². The summed E-state index contributed by atoms with van der Waals surface area (Å²) in [6, 6.07) is 13.0. The van der Waals surface area contributed by atoms with E-state index in [4.69, 9.17) is 9.84 Å². The number of carbonyl (C=O) groups excluding carboxylic acids is 1. The van der Waals surface area contributed by atoms with E-state index in [1.807, 2.05) is 12.1 Å². The van der Waals surface area contributed by atoms with E-state index in [-0.39, 0.29) is 17.4 Å². The molecule has 3 rings (SSSR count). The van der Waals surface area contributed by atoms with E-state index in [2.05, 4.69) is 24.4 Å². The van der Waals surface area contributed by atoms with Crippen LogP contribution in [-0.4, -0.2) is 24.1 Å². The number of rotatable bonds is 6. The summed E-state index contributed by atoms with van der Waals surface area (Å²) in [5, 5.41) is 12.0. The van der Waals surface area contributed by atoms with E-state index in [0.717, 1.165) is 12.0 Å². The molecule has 0 aliphatic heterocycles. The summed E-state index contributed by atoms with van der Waals surface area (Å²) in [6.07, 6.45) is 0.873. The largest absolute Gasteiger partial charge is 0.496 e. The zero-order valence-electron chi connectivity index (χ0n) is 14.3. The first kappa shape index (κ1) is 17.0. The second kappa shape index (κ2) is 6.97. The van der Waals surface area contributed by atoms with Gasteiger partial charge in [0.25, 0.3) is 0 Å². The average molecular weight is 339 g/mol. The van der Waals surface area contributed by atoms with Gasteiger partial charge in [0.15, 0.2) is 0 Å². The monoisotopic (exact) mass is 339 g/mol. The minimum absolute atomic E-state index is 0.0151. The van der Waals surface area contributed by atoms with Crippen LogP contribution in [0.25, 0.3) is 0 Å². The molecule has 1 aliphatic carbocycles. The lowest BCUT2D eigenvalue weighted by atomic mass is 10.0. The van der Waals surface area contributed by atoms with Gasteiger partial charge in [-0.25, -0.2) is 4.79 Å². The van der Waals surface area contributed by atoms with Crippen LogP contribution in [-0.2, 0) is 11.3 Å². The normalized spacial score (nSPS) is 18.5. The van der Waals surface area contributed by atoms with Crippen molar-refractivity contribution in [2.24, 2.45) is 5.92 Å². The van der Waals surface area contributed by atoms with Crippen LogP contribution in [0.3, 0.4) is 0 Å². The summed E-state index contributed by atoms with van der Waals surface area (Å²) in [5.74, 6) is -0.393. The summed E-state index contributed by atoms with van der Waals surface area (Å²) in [7, 11) is 1.43. The summed E-state index contributed by atoms with van der Waals surface area (Å²) >= 11 is 0. The maximum Gasteiger partial charge on any atom is 0.339 e. The quantitative estimate of drug-likeness (QED) is 0.848. The lowest BCUT2D eigenvalue weighted by Crippen LogP contribution is -2.25. The zero-order valence-corrected chi connectivity index (χ0v) is 14.3. The van der Waals surface area contributed by atoms with Crippen LogP contribution in [0.5, 0.6) is 5.75 Å². The summed E-state index contributed by atoms with van der Waals surface area (Å²) in [6.45, 7) is 2.42. The molecule has 1 fully saturated rings. The van der Waals surface area contributed by atoms with Gasteiger partial charge in [0, 0.05) is 12.5 Å². The van der Waals surface area contributed by atoms with Gasteiger partial charge in [-0.3, -0.25) is 4.79 Å². The first-order valence-corrected chi connectivity index (χ1v) is 8.24. The fourth-order valence-corrected chi connectivity index (χ4v) is 3.17. The number of hydrogen-bond donors (Lipinski definition) is 2. The average Bonchev–Trinajstić information content (AvgIpc) is 3.40. The summed E-state index contributed by atoms with van der Waals surface area (Å²) in [4.78, 5) is 23.5. The van der Waals surface area contributed by atoms with E-state index in [1.54, 1.807) is 12.1 Å². The lowest BCUT2D eigenvalue weighted by molar-refractivity contribution is -0.122. The smallest absolute Gasteiger partial charge is 0.339 e. The molecule has 1 aliphatic rings. The Labute approximate surface area is 146 Å². The number of methoxy groups -OCH3 is 1. The Morgan fingerprint density at radius 3 is 2.68 bits per heavy atom. The molecule has 0 bridgehead atoms. The highest BCUT2D eigenvalue weighted by atomic mass is 16.5. The van der Waals surface area contributed by atoms with E-state index >= 15 is 0 Å². The van der Waals surface area contributed by atoms with Crippen LogP contribution >= 0.6 is 0 Å². The molecule has 2 N–H and O–H groups in total. The molecule has 0 saturated heterocycles. The molecule has 5 heteroatoms. The fraction of sp³-hybridized carbons (Fsp3) is 0.300. The van der Waals surface area contributed by atoms with E-state index < -0.39 is 5.97 Å². The molecular formula is C20H21NO4. The minimum Gasteiger partial charge on any atom is -0.496 e. The Kier molecular flexibility index (Phi) is 4.74. The van der Waals surface area contributed by atoms with Gasteiger partial charge in [-0.15, -0.1) is 0 Å². The van der Waals surface area contributed by atoms with Crippen molar-refractivity contribution in [2.75, 3.05) is 7.11 Å². The van der Waals surface area contributed by atoms with Gasteiger partial charge in [-0.1, -0.05) is 30.3 Å². The number of hydrogen-bond acceptors (Lipinski definition) is 3. The molecule has 0 aromatic heterocycles. The van der Waals surface area contributed by atoms with Crippen molar-refractivity contribution in [3.8, 4) is 5.75 Å². The molecule has 5 nitrogen and oxygen atoms in total. The van der Waals surface area contributed by atoms with E-state index in [1.165, 1.54) is 24.3 Å². The number of aromatic carboxylic acids is 1. The predicted octanol–water partition coefficient (Wildman–Crippen LogP) is 3.12. The Morgan fingerprint density at radius 1 is 1.24 bits per heavy atom. The molecule has 1 saturated carbocycles. The summed E-state index contributed by atoms with van der Waals surface area (Å²) < 4.78 is 5.11. The number of carbonyl (C=O) groups is 2. The van der Waals surface area contributed by atoms with Crippen molar-refractivity contribution in [1.29, 1.82) is 0 Å². The molecule has 2 atom stereocenters. The molecular weight excluding hydrogens is 318 g/mol. The maximum absolute atomic E-state index is 12.4. The van der Waals surface area contributed by atoms with Gasteiger partial charge in [-0.2, -0.15) is 0 Å². The third kappa shape index (κ3) is 3.65. The third-order valence-corrected chi connectivity index (χ3v) is 4.68. The van der Waals surface area contributed by atoms with Crippen molar-refractivity contribution in [3.05, 3.63) is 64.7 Å². The highest BCUT2D eigenvalue weighted by molar-refractivity contribution is 5.91. The van der Waals surface area contributed by atoms with E-state index in [0.29, 0.717) is 18.2 Å². The first-order chi connectivity index (χ1) is 12.0. The molecule has 0 radical (unpaired) electrons. The number of benzene rings is 2. The highest BCUT2D eigenvalue weighted by Crippen LogP contribution is 2.48. The van der Waals surface area contributed by atoms with Gasteiger partial charge in [-0.05, 0) is 48.1 Å². The maximum atomic E-state index is 12.4. The molecule has 25 heavy (non-hydrogen) atoms. The van der Waals surface area contributed by atoms with Crippen LogP contribution < -0.4 is 10.1 Å². The van der Waals surface area contributed by atoms with Gasteiger partial charge in [0.05, 0.1) is 7.11 Å². The SMILES string of the molecule is COc1cc(CNC(=O)[C@H]2C[C@H]2c2ccccc2C)ccc1C(=O)O. The van der Waals surface area contributed by atoms with Crippen molar-refractivity contribution in [1.82, 2.24) is 5.32 Å². The topological polar surface area (TPSA) is 75.6 Å². The van der Waals surface area contributed by atoms with Crippen LogP contribution in [0.1, 0.15) is 39.4 Å². The van der Waals surface area contributed by atoms with Crippen molar-refractivity contribution in [2.45, 2.75) is 25.8 Å². The molecule has 2 aromatic rings. The standard InChI is InChI=1S/C20H21NO4/c1-12-5-3-4-6-14(12)16-10-17(16)19(22)21-11-13-7-8-15(20(23)24)18(9-13)25-2/h3-9,16-17H,10-11H2,1-2H3,(H,21,22)(H,23,24)/t16-,17-/m0/s1. The fourth-order valence-electron chi connectivity index (χ4n) is 3.17. The second-order valence-corrected chi connectivity index (χ2v) is 6.36. The molecule has 1 amide bonds. The number of carboxylic acids is 1. The first-order valence-electron chi connectivity index (χ1n) is 8.24. The van der Waals surface area contributed by atoms with E-state index in [9.17, 15) is 9.59 Å². The number of amides is 1. The van der Waals surface area contributed by atoms with Gasteiger partial charge in [0.1, 0.15) is 11.3 Å². The Balaban J connectivity index is 1.60. The van der Waals surface area contributed by atoms with Crippen LogP contribution in [0, 0.1) is 12.8 Å². The molecule has 130 valence electrons. The Bertz CT molecular complexity index is 815. The Morgan fingerprint density at radius 2 is 2.00 bits per heavy atom. The Hall–Kier alpha value is -2.82. The molecule has 2 aromatic carbocycles. The number of ether oxygens (including phenoxy) is 1. The van der Waals surface area contributed by atoms with Crippen molar-refractivity contribution in [3.63, 3.8) is 0 Å². The lowest BCUT2D eigenvalue weighted by Gasteiger charge is -2.09. The number of nitrogens with one attached hydrogen (secondary N) is 1. The van der Waals surface area contributed by atoms with Crippen LogP contribution in [0.15, 0.2) is 42.5 Å². The van der Waals surface area contributed by atoms with Crippen molar-refractivity contribution < 1.29 is 19.4 Å². The van der Waals surface area contributed by atoms with Crippen molar-refractivity contribution >= 4 is 11.9 Å². The zero-order chi connectivity index (χ0) is 18.0. The second-order valence-electron chi connectivity index (χ2n) is 6.36. The number of carboxylic acid groups (broad SMARTS) is 1. The predicted molar refractivity (Wildman–Crippen MR) is 93.8 cm³/mol. The number of aryl methyl sites for hydroxylation is 1. The summed E-state index contributed by atoms with van der Waals surface area (Å²) in [5.41, 5.74) is 3.38. The molecule has 0 heterocycles. The highest BCUT2D eigenvalue weighted by Gasteiger charge is 2.44. The van der Waals surface area contributed by atoms with Crippen LogP contribution in [0.2, 0.25) is 0 Å². The minimum atomic E-state index is -1.04. The van der Waals surface area contributed by atoms with Gasteiger partial charge >= 0.3 is 5.97 Å².